The highest BCUT2D eigenvalue weighted by molar-refractivity contribution is 5.91. The van der Waals surface area contributed by atoms with Crippen LogP contribution in [0, 0.1) is 0 Å². The van der Waals surface area contributed by atoms with Crippen molar-refractivity contribution >= 4 is 17.8 Å². The van der Waals surface area contributed by atoms with Crippen LogP contribution >= 0.6 is 0 Å². The van der Waals surface area contributed by atoms with E-state index in [-0.39, 0.29) is 12.0 Å². The SMILES string of the molecule is CNc1cccc([C@@H]2CN(C(=O)/C=C/c3ccccc3)CCO2)n1. The molecule has 2 aromatic rings. The molecule has 0 saturated carbocycles. The lowest BCUT2D eigenvalue weighted by Crippen LogP contribution is -2.41. The van der Waals surface area contributed by atoms with Gasteiger partial charge in [-0.05, 0) is 23.8 Å². The zero-order valence-electron chi connectivity index (χ0n) is 13.7. The normalized spacial score (nSPS) is 17.9. The number of ether oxygens (including phenoxy) is 1. The molecule has 0 bridgehead atoms. The van der Waals surface area contributed by atoms with Crippen LogP contribution in [-0.2, 0) is 9.53 Å². The number of morpholine rings is 1. The highest BCUT2D eigenvalue weighted by Crippen LogP contribution is 2.22. The third-order valence-electron chi connectivity index (χ3n) is 3.95. The van der Waals surface area contributed by atoms with Gasteiger partial charge in [-0.15, -0.1) is 0 Å². The Kier molecular flexibility index (Phi) is 5.23. The van der Waals surface area contributed by atoms with Gasteiger partial charge in [0.15, 0.2) is 0 Å². The fraction of sp³-hybridized carbons (Fsp3) is 0.263. The van der Waals surface area contributed by atoms with Crippen LogP contribution in [0.5, 0.6) is 0 Å². The molecule has 1 fully saturated rings. The minimum atomic E-state index is -0.193. The Balaban J connectivity index is 1.66. The Labute approximate surface area is 142 Å². The van der Waals surface area contributed by atoms with Gasteiger partial charge in [-0.3, -0.25) is 4.79 Å². The molecule has 1 amide bonds. The van der Waals surface area contributed by atoms with Gasteiger partial charge in [0.05, 0.1) is 18.8 Å². The molecule has 0 aliphatic carbocycles. The summed E-state index contributed by atoms with van der Waals surface area (Å²) in [4.78, 5) is 18.7. The maximum Gasteiger partial charge on any atom is 0.246 e. The number of carbonyl (C=O) groups excluding carboxylic acids is 1. The van der Waals surface area contributed by atoms with Crippen molar-refractivity contribution in [2.75, 3.05) is 32.1 Å². The number of nitrogens with one attached hydrogen (secondary N) is 1. The number of aromatic nitrogens is 1. The first-order valence-electron chi connectivity index (χ1n) is 8.04. The lowest BCUT2D eigenvalue weighted by Gasteiger charge is -2.32. The second kappa shape index (κ2) is 7.75. The van der Waals surface area contributed by atoms with Gasteiger partial charge < -0.3 is 15.0 Å². The minimum Gasteiger partial charge on any atom is -0.373 e. The van der Waals surface area contributed by atoms with E-state index in [4.69, 9.17) is 4.74 Å². The molecule has 1 aliphatic heterocycles. The van der Waals surface area contributed by atoms with E-state index in [1.165, 1.54) is 0 Å². The van der Waals surface area contributed by atoms with Crippen molar-refractivity contribution in [3.63, 3.8) is 0 Å². The van der Waals surface area contributed by atoms with Gasteiger partial charge in [0, 0.05) is 19.7 Å². The molecule has 0 spiro atoms. The summed E-state index contributed by atoms with van der Waals surface area (Å²) >= 11 is 0. The van der Waals surface area contributed by atoms with E-state index in [9.17, 15) is 4.79 Å². The molecule has 1 saturated heterocycles. The molecular weight excluding hydrogens is 302 g/mol. The Morgan fingerprint density at radius 1 is 1.25 bits per heavy atom. The average Bonchev–Trinajstić information content (AvgIpc) is 2.67. The van der Waals surface area contributed by atoms with E-state index in [1.807, 2.05) is 61.7 Å². The zero-order valence-corrected chi connectivity index (χ0v) is 13.7. The number of benzene rings is 1. The standard InChI is InChI=1S/C19H21N3O2/c1-20-18-9-5-8-16(21-18)17-14-22(12-13-24-17)19(23)11-10-15-6-3-2-4-7-15/h2-11,17H,12-14H2,1H3,(H,20,21)/b11-10+/t17-/m0/s1. The zero-order chi connectivity index (χ0) is 16.8. The molecule has 1 atom stereocenters. The fourth-order valence-electron chi connectivity index (χ4n) is 2.64. The second-order valence-electron chi connectivity index (χ2n) is 5.59. The van der Waals surface area contributed by atoms with Crippen molar-refractivity contribution in [3.8, 4) is 0 Å². The van der Waals surface area contributed by atoms with Gasteiger partial charge in [-0.1, -0.05) is 36.4 Å². The first-order valence-corrected chi connectivity index (χ1v) is 8.04. The first-order chi connectivity index (χ1) is 11.8. The highest BCUT2D eigenvalue weighted by Gasteiger charge is 2.25. The van der Waals surface area contributed by atoms with Gasteiger partial charge in [-0.25, -0.2) is 4.98 Å². The number of carbonyl (C=O) groups is 1. The van der Waals surface area contributed by atoms with Crippen LogP contribution in [0.1, 0.15) is 17.4 Å². The van der Waals surface area contributed by atoms with Crippen LogP contribution in [0.2, 0.25) is 0 Å². The molecule has 0 unspecified atom stereocenters. The smallest absolute Gasteiger partial charge is 0.246 e. The number of nitrogens with zero attached hydrogens (tertiary/aromatic N) is 2. The molecule has 124 valence electrons. The molecule has 0 radical (unpaired) electrons. The first kappa shape index (κ1) is 16.2. The Hall–Kier alpha value is -2.66. The lowest BCUT2D eigenvalue weighted by atomic mass is 10.1. The number of anilines is 1. The number of hydrogen-bond acceptors (Lipinski definition) is 4. The van der Waals surface area contributed by atoms with Gasteiger partial charge in [0.2, 0.25) is 5.91 Å². The number of rotatable bonds is 4. The summed E-state index contributed by atoms with van der Waals surface area (Å²) in [7, 11) is 1.83. The topological polar surface area (TPSA) is 54.5 Å². The Morgan fingerprint density at radius 2 is 2.08 bits per heavy atom. The second-order valence-corrected chi connectivity index (χ2v) is 5.59. The van der Waals surface area contributed by atoms with E-state index in [0.717, 1.165) is 17.1 Å². The molecule has 5 heteroatoms. The summed E-state index contributed by atoms with van der Waals surface area (Å²) in [5.74, 6) is 0.792. The lowest BCUT2D eigenvalue weighted by molar-refractivity contribution is -0.133. The van der Waals surface area contributed by atoms with Crippen LogP contribution in [0.4, 0.5) is 5.82 Å². The van der Waals surface area contributed by atoms with E-state index >= 15 is 0 Å². The molecular formula is C19H21N3O2. The van der Waals surface area contributed by atoms with Crippen molar-refractivity contribution in [2.45, 2.75) is 6.10 Å². The third kappa shape index (κ3) is 4.00. The summed E-state index contributed by atoms with van der Waals surface area (Å²) < 4.78 is 5.80. The maximum atomic E-state index is 12.4. The average molecular weight is 323 g/mol. The number of pyridine rings is 1. The molecule has 1 aromatic carbocycles. The van der Waals surface area contributed by atoms with Crippen molar-refractivity contribution in [3.05, 3.63) is 65.9 Å². The maximum absolute atomic E-state index is 12.4. The van der Waals surface area contributed by atoms with Crippen molar-refractivity contribution in [2.24, 2.45) is 0 Å². The van der Waals surface area contributed by atoms with Gasteiger partial charge >= 0.3 is 0 Å². The predicted molar refractivity (Wildman–Crippen MR) is 94.5 cm³/mol. The third-order valence-corrected chi connectivity index (χ3v) is 3.95. The fourth-order valence-corrected chi connectivity index (χ4v) is 2.64. The van der Waals surface area contributed by atoms with Crippen LogP contribution in [-0.4, -0.2) is 42.5 Å². The quantitative estimate of drug-likeness (QED) is 0.879. The van der Waals surface area contributed by atoms with Crippen LogP contribution in [0.3, 0.4) is 0 Å². The Bertz CT molecular complexity index is 716. The predicted octanol–water partition coefficient (Wildman–Crippen LogP) is 2.74. The van der Waals surface area contributed by atoms with E-state index in [1.54, 1.807) is 11.0 Å². The summed E-state index contributed by atoms with van der Waals surface area (Å²) in [6.45, 7) is 1.62. The monoisotopic (exact) mass is 323 g/mol. The molecule has 5 nitrogen and oxygen atoms in total. The minimum absolute atomic E-state index is 0.00285. The molecule has 1 aromatic heterocycles. The van der Waals surface area contributed by atoms with Crippen LogP contribution in [0.25, 0.3) is 6.08 Å². The summed E-state index contributed by atoms with van der Waals surface area (Å²) in [5.41, 5.74) is 1.85. The Morgan fingerprint density at radius 3 is 2.88 bits per heavy atom. The van der Waals surface area contributed by atoms with E-state index in [2.05, 4.69) is 10.3 Å². The van der Waals surface area contributed by atoms with E-state index < -0.39 is 0 Å². The largest absolute Gasteiger partial charge is 0.373 e. The van der Waals surface area contributed by atoms with Crippen molar-refractivity contribution < 1.29 is 9.53 Å². The molecule has 1 N–H and O–H groups in total. The van der Waals surface area contributed by atoms with Crippen LogP contribution in [0.15, 0.2) is 54.6 Å². The van der Waals surface area contributed by atoms with Gasteiger partial charge in [0.25, 0.3) is 0 Å². The number of hydrogen-bond donors (Lipinski definition) is 1. The summed E-state index contributed by atoms with van der Waals surface area (Å²) in [6, 6.07) is 15.6. The van der Waals surface area contributed by atoms with Crippen molar-refractivity contribution in [1.82, 2.24) is 9.88 Å². The highest BCUT2D eigenvalue weighted by atomic mass is 16.5. The molecule has 3 rings (SSSR count). The van der Waals surface area contributed by atoms with Gasteiger partial charge in [0.1, 0.15) is 11.9 Å². The molecule has 1 aliphatic rings. The summed E-state index contributed by atoms with van der Waals surface area (Å²) in [5, 5.41) is 3.02. The van der Waals surface area contributed by atoms with Gasteiger partial charge in [-0.2, -0.15) is 0 Å². The number of amides is 1. The van der Waals surface area contributed by atoms with E-state index in [0.29, 0.717) is 19.7 Å². The van der Waals surface area contributed by atoms with Crippen LogP contribution < -0.4 is 5.32 Å². The molecule has 24 heavy (non-hydrogen) atoms. The van der Waals surface area contributed by atoms with Crippen molar-refractivity contribution in [1.29, 1.82) is 0 Å². The summed E-state index contributed by atoms with van der Waals surface area (Å²) in [6.07, 6.45) is 3.27. The molecule has 2 heterocycles.